The Morgan fingerprint density at radius 2 is 2.00 bits per heavy atom. The van der Waals surface area contributed by atoms with Crippen molar-refractivity contribution in [2.45, 2.75) is 13.1 Å². The van der Waals surface area contributed by atoms with Gasteiger partial charge in [0.25, 0.3) is 7.37 Å². The number of rotatable bonds is 4. The van der Waals surface area contributed by atoms with Crippen molar-refractivity contribution < 1.29 is 32.2 Å². The van der Waals surface area contributed by atoms with Crippen molar-refractivity contribution in [3.63, 3.8) is 0 Å². The Kier molecular flexibility index (Phi) is 4.09. The van der Waals surface area contributed by atoms with E-state index in [2.05, 4.69) is 4.52 Å². The second-order valence-corrected chi connectivity index (χ2v) is 4.74. The molecule has 8 heteroatoms. The number of aliphatic hydroxyl groups is 1. The van der Waals surface area contributed by atoms with E-state index in [9.17, 15) is 22.5 Å². The molecular weight excluding hydrogens is 212 g/mol. The summed E-state index contributed by atoms with van der Waals surface area (Å²) in [6.45, 7) is -1.00. The van der Waals surface area contributed by atoms with Gasteiger partial charge in [0, 0.05) is 6.92 Å². The third-order valence-corrected chi connectivity index (χ3v) is 2.98. The van der Waals surface area contributed by atoms with Gasteiger partial charge in [-0.3, -0.25) is 9.36 Å². The summed E-state index contributed by atoms with van der Waals surface area (Å²) in [6.07, 6.45) is -5.88. The van der Waals surface area contributed by atoms with Gasteiger partial charge in [0.05, 0.1) is 0 Å². The van der Waals surface area contributed by atoms with E-state index in [0.717, 1.165) is 6.92 Å². The zero-order chi connectivity index (χ0) is 10.7. The molecule has 0 spiro atoms. The molecule has 0 rings (SSSR count). The molecule has 0 fully saturated rings. The fraction of sp³-hybridized carbons (Fsp3) is 0.800. The molecule has 0 heterocycles. The van der Waals surface area contributed by atoms with Crippen LogP contribution in [-0.4, -0.2) is 29.8 Å². The molecule has 0 aliphatic carbocycles. The molecule has 0 saturated heterocycles. The largest absolute Gasteiger partial charge is 0.412 e. The van der Waals surface area contributed by atoms with Crippen LogP contribution in [0.4, 0.5) is 13.2 Å². The topological polar surface area (TPSA) is 63.6 Å². The maximum absolute atomic E-state index is 11.5. The number of halogens is 3. The predicted molar refractivity (Wildman–Crippen MR) is 37.4 cm³/mol. The molecule has 1 atom stereocenters. The highest BCUT2D eigenvalue weighted by Crippen LogP contribution is 2.47. The minimum atomic E-state index is -4.67. The third-order valence-electron chi connectivity index (χ3n) is 1.10. The number of hydrogen-bond donors (Lipinski definition) is 1. The molecule has 0 amide bonds. The number of carbonyl (C=O) groups is 1. The van der Waals surface area contributed by atoms with Crippen LogP contribution < -0.4 is 0 Å². The van der Waals surface area contributed by atoms with Gasteiger partial charge in [0.2, 0.25) is 5.52 Å². The lowest BCUT2D eigenvalue weighted by Gasteiger charge is -2.13. The Hall–Kier alpha value is -0.390. The molecule has 0 saturated carbocycles. The quantitative estimate of drug-likeness (QED) is 0.726. The first-order valence-corrected chi connectivity index (χ1v) is 4.94. The van der Waals surface area contributed by atoms with Gasteiger partial charge in [0.1, 0.15) is 6.35 Å². The van der Waals surface area contributed by atoms with E-state index in [1.54, 1.807) is 0 Å². The highest BCUT2D eigenvalue weighted by Gasteiger charge is 2.36. The lowest BCUT2D eigenvalue weighted by Crippen LogP contribution is -2.18. The Labute approximate surface area is 72.1 Å². The molecule has 78 valence electrons. The van der Waals surface area contributed by atoms with E-state index in [0.29, 0.717) is 0 Å². The van der Waals surface area contributed by atoms with Gasteiger partial charge < -0.3 is 9.63 Å². The first kappa shape index (κ1) is 12.6. The van der Waals surface area contributed by atoms with Gasteiger partial charge >= 0.3 is 6.18 Å². The van der Waals surface area contributed by atoms with Crippen LogP contribution in [-0.2, 0) is 13.9 Å². The van der Waals surface area contributed by atoms with Gasteiger partial charge in [-0.2, -0.15) is 13.2 Å². The summed E-state index contributed by atoms with van der Waals surface area (Å²) in [6, 6.07) is 0. The number of alkyl halides is 3. The summed E-state index contributed by atoms with van der Waals surface area (Å²) in [7, 11) is -4.17. The minimum absolute atomic E-state index is 0.799. The predicted octanol–water partition coefficient (Wildman–Crippen LogP) is 1.34. The van der Waals surface area contributed by atoms with E-state index < -0.39 is 32.0 Å². The molecule has 0 bridgehead atoms. The molecular formula is C5H8F3O4P. The van der Waals surface area contributed by atoms with E-state index in [1.165, 1.54) is 0 Å². The molecule has 4 nitrogen and oxygen atoms in total. The molecule has 1 unspecified atom stereocenters. The van der Waals surface area contributed by atoms with Gasteiger partial charge in [-0.15, -0.1) is 0 Å². The summed E-state index contributed by atoms with van der Waals surface area (Å²) in [5, 5.41) is 8.38. The molecule has 1 N–H and O–H groups in total. The monoisotopic (exact) mass is 220 g/mol. The Bertz CT molecular complexity index is 236. The highest BCUT2D eigenvalue weighted by atomic mass is 31.2. The molecule has 0 aliphatic heterocycles. The Balaban J connectivity index is 4.32. The smallest absolute Gasteiger partial charge is 0.386 e. The van der Waals surface area contributed by atoms with Crippen molar-refractivity contribution in [3.8, 4) is 0 Å². The molecule has 0 aromatic heterocycles. The van der Waals surface area contributed by atoms with Gasteiger partial charge in [0.15, 0.2) is 6.61 Å². The van der Waals surface area contributed by atoms with Gasteiger partial charge in [-0.25, -0.2) is 0 Å². The standard InChI is InChI=1S/C5H8F3O4P/c1-4(10)13(11,3-9)12-2-5(6,7)8/h9H,2-3H2,1H3. The summed E-state index contributed by atoms with van der Waals surface area (Å²) < 4.78 is 49.5. The average Bonchev–Trinajstić information content (AvgIpc) is 1.98. The van der Waals surface area contributed by atoms with E-state index >= 15 is 0 Å². The third kappa shape index (κ3) is 4.40. The second kappa shape index (κ2) is 4.21. The van der Waals surface area contributed by atoms with Crippen molar-refractivity contribution in [3.05, 3.63) is 0 Å². The lowest BCUT2D eigenvalue weighted by molar-refractivity contribution is -0.153. The zero-order valence-corrected chi connectivity index (χ0v) is 7.56. The van der Waals surface area contributed by atoms with Crippen molar-refractivity contribution >= 4 is 12.9 Å². The number of aliphatic hydroxyl groups excluding tert-OH is 1. The minimum Gasteiger partial charge on any atom is -0.386 e. The highest BCUT2D eigenvalue weighted by molar-refractivity contribution is 7.75. The average molecular weight is 220 g/mol. The number of hydrogen-bond acceptors (Lipinski definition) is 4. The summed E-state index contributed by atoms with van der Waals surface area (Å²) in [5.74, 6) is 0. The second-order valence-electron chi connectivity index (χ2n) is 2.22. The molecule has 0 aliphatic rings. The van der Waals surface area contributed by atoms with E-state index in [1.807, 2.05) is 0 Å². The van der Waals surface area contributed by atoms with Crippen LogP contribution in [0.2, 0.25) is 0 Å². The van der Waals surface area contributed by atoms with Crippen molar-refractivity contribution in [1.29, 1.82) is 0 Å². The van der Waals surface area contributed by atoms with Crippen molar-refractivity contribution in [2.75, 3.05) is 13.0 Å². The van der Waals surface area contributed by atoms with E-state index in [4.69, 9.17) is 5.11 Å². The van der Waals surface area contributed by atoms with Crippen LogP contribution >= 0.6 is 7.37 Å². The Morgan fingerprint density at radius 3 is 2.23 bits per heavy atom. The van der Waals surface area contributed by atoms with Crippen LogP contribution in [0.5, 0.6) is 0 Å². The summed E-state index contributed by atoms with van der Waals surface area (Å²) in [4.78, 5) is 10.5. The van der Waals surface area contributed by atoms with Crippen LogP contribution in [0.3, 0.4) is 0 Å². The number of carbonyl (C=O) groups excluding carboxylic acids is 1. The van der Waals surface area contributed by atoms with Crippen LogP contribution in [0.1, 0.15) is 6.92 Å². The van der Waals surface area contributed by atoms with E-state index in [-0.39, 0.29) is 0 Å². The first-order valence-electron chi connectivity index (χ1n) is 3.13. The van der Waals surface area contributed by atoms with Crippen LogP contribution in [0.15, 0.2) is 0 Å². The summed E-state index contributed by atoms with van der Waals surface area (Å²) in [5.41, 5.74) is -1.08. The maximum Gasteiger partial charge on any atom is 0.412 e. The molecule has 0 aromatic rings. The Morgan fingerprint density at radius 1 is 1.54 bits per heavy atom. The SMILES string of the molecule is CC(=O)P(=O)(CO)OCC(F)(F)F. The fourth-order valence-corrected chi connectivity index (χ4v) is 1.23. The molecule has 0 radical (unpaired) electrons. The zero-order valence-electron chi connectivity index (χ0n) is 6.67. The van der Waals surface area contributed by atoms with Crippen molar-refractivity contribution in [2.24, 2.45) is 0 Å². The lowest BCUT2D eigenvalue weighted by atomic mass is 10.7. The molecule has 13 heavy (non-hydrogen) atoms. The van der Waals surface area contributed by atoms with Crippen LogP contribution in [0, 0.1) is 0 Å². The summed E-state index contributed by atoms with van der Waals surface area (Å²) >= 11 is 0. The maximum atomic E-state index is 11.5. The molecule has 0 aromatic carbocycles. The van der Waals surface area contributed by atoms with Crippen LogP contribution in [0.25, 0.3) is 0 Å². The normalized spacial score (nSPS) is 16.7. The fourth-order valence-electron chi connectivity index (χ4n) is 0.409. The van der Waals surface area contributed by atoms with Gasteiger partial charge in [-0.1, -0.05) is 0 Å². The van der Waals surface area contributed by atoms with Gasteiger partial charge in [-0.05, 0) is 0 Å². The van der Waals surface area contributed by atoms with Crippen molar-refractivity contribution in [1.82, 2.24) is 0 Å². The first-order chi connectivity index (χ1) is 5.71.